The van der Waals surface area contributed by atoms with Crippen LogP contribution in [0.5, 0.6) is 0 Å². The number of hydrogen-bond donors (Lipinski definition) is 4. The highest BCUT2D eigenvalue weighted by molar-refractivity contribution is 6.37. The summed E-state index contributed by atoms with van der Waals surface area (Å²) < 4.78 is 0. The number of carbonyl (C=O) groups excluding carboxylic acids is 5. The number of ketones is 1. The van der Waals surface area contributed by atoms with Crippen molar-refractivity contribution < 1.29 is 24.0 Å². The summed E-state index contributed by atoms with van der Waals surface area (Å²) in [7, 11) is 0. The summed E-state index contributed by atoms with van der Waals surface area (Å²) in [5, 5.41) is 8.98. The molecule has 3 saturated carbocycles. The van der Waals surface area contributed by atoms with E-state index in [0.29, 0.717) is 13.0 Å². The second-order valence-electron chi connectivity index (χ2n) is 16.3. The Morgan fingerprint density at radius 1 is 0.907 bits per heavy atom. The third kappa shape index (κ3) is 7.72. The fourth-order valence-electron chi connectivity index (χ4n) is 8.42. The normalized spacial score (nSPS) is 26.9. The Labute approximate surface area is 257 Å². The molecular weight excluding hydrogens is 546 g/mol. The fourth-order valence-corrected chi connectivity index (χ4v) is 8.42. The summed E-state index contributed by atoms with van der Waals surface area (Å²) in [6, 6.07) is -2.89. The van der Waals surface area contributed by atoms with Crippen molar-refractivity contribution in [3.05, 3.63) is 0 Å². The molecule has 10 heteroatoms. The topological polar surface area (TPSA) is 151 Å². The molecule has 5 atom stereocenters. The molecule has 242 valence electrons. The Bertz CT molecular complexity index is 1100. The Hall–Kier alpha value is -2.65. The van der Waals surface area contributed by atoms with Gasteiger partial charge in [-0.05, 0) is 74.0 Å². The van der Waals surface area contributed by atoms with Gasteiger partial charge in [0, 0.05) is 12.1 Å². The number of nitrogens with two attached hydrogens (primary N) is 1. The number of nitrogens with one attached hydrogen (secondary N) is 3. The standard InChI is InChI=1S/C33H55N5O5/c1-31(2,3)18-32(4,5)37-30(43)36-24(20-14-9-8-10-15-20)29(42)38-17-21-23(33(21,6)7)25(38)28(41)35-22(26(39)27(34)40)16-19-12-11-13-19/h19-25H,8-18H2,1-7H3,(H2,34,40)(H,35,41)(H2,36,37,43)/t21?,22-,23?,24-,25-/m0/s1. The van der Waals surface area contributed by atoms with Gasteiger partial charge >= 0.3 is 6.03 Å². The van der Waals surface area contributed by atoms with Gasteiger partial charge in [-0.25, -0.2) is 4.79 Å². The van der Waals surface area contributed by atoms with Gasteiger partial charge in [-0.2, -0.15) is 0 Å². The molecule has 0 aromatic rings. The van der Waals surface area contributed by atoms with Crippen molar-refractivity contribution in [2.45, 2.75) is 136 Å². The Morgan fingerprint density at radius 3 is 2.07 bits per heavy atom. The van der Waals surface area contributed by atoms with E-state index < -0.39 is 41.3 Å². The molecule has 0 radical (unpaired) electrons. The smallest absolute Gasteiger partial charge is 0.315 e. The van der Waals surface area contributed by atoms with Gasteiger partial charge in [0.15, 0.2) is 0 Å². The van der Waals surface area contributed by atoms with Crippen molar-refractivity contribution >= 4 is 29.5 Å². The average molecular weight is 602 g/mol. The summed E-state index contributed by atoms with van der Waals surface area (Å²) in [4.78, 5) is 67.9. The van der Waals surface area contributed by atoms with Crippen LogP contribution >= 0.6 is 0 Å². The average Bonchev–Trinajstić information content (AvgIpc) is 3.19. The number of amides is 5. The Morgan fingerprint density at radius 2 is 1.53 bits per heavy atom. The lowest BCUT2D eigenvalue weighted by Gasteiger charge is -2.38. The molecule has 0 aromatic heterocycles. The van der Waals surface area contributed by atoms with E-state index in [-0.39, 0.29) is 46.4 Å². The SMILES string of the molecule is CC(C)(C)CC(C)(C)NC(=O)N[C@H](C(=O)N1CC2C([C@H]1C(=O)N[C@@H](CC1CCC1)C(=O)C(N)=O)C2(C)C)C1CCCCC1. The van der Waals surface area contributed by atoms with Gasteiger partial charge in [-0.15, -0.1) is 0 Å². The van der Waals surface area contributed by atoms with Gasteiger partial charge < -0.3 is 26.6 Å². The van der Waals surface area contributed by atoms with Crippen LogP contribution in [-0.4, -0.2) is 64.6 Å². The molecule has 4 aliphatic rings. The van der Waals surface area contributed by atoms with Crippen molar-refractivity contribution in [3.63, 3.8) is 0 Å². The van der Waals surface area contributed by atoms with Gasteiger partial charge in [-0.3, -0.25) is 19.2 Å². The number of likely N-dealkylation sites (tertiary alicyclic amines) is 1. The van der Waals surface area contributed by atoms with Crippen LogP contribution in [0.4, 0.5) is 4.79 Å². The molecule has 10 nitrogen and oxygen atoms in total. The number of urea groups is 1. The molecule has 5 N–H and O–H groups in total. The van der Waals surface area contributed by atoms with Crippen molar-refractivity contribution in [2.24, 2.45) is 40.2 Å². The van der Waals surface area contributed by atoms with Crippen LogP contribution in [0.1, 0.15) is 113 Å². The van der Waals surface area contributed by atoms with Crippen LogP contribution in [-0.2, 0) is 19.2 Å². The van der Waals surface area contributed by atoms with E-state index in [9.17, 15) is 24.0 Å². The van der Waals surface area contributed by atoms with Crippen molar-refractivity contribution in [3.8, 4) is 0 Å². The van der Waals surface area contributed by atoms with E-state index in [1.165, 1.54) is 0 Å². The molecule has 5 amide bonds. The van der Waals surface area contributed by atoms with E-state index >= 15 is 0 Å². The number of primary amides is 1. The summed E-state index contributed by atoms with van der Waals surface area (Å²) >= 11 is 0. The molecule has 1 aliphatic heterocycles. The molecule has 0 spiro atoms. The second kappa shape index (κ2) is 12.4. The maximum Gasteiger partial charge on any atom is 0.315 e. The van der Waals surface area contributed by atoms with E-state index in [2.05, 4.69) is 50.6 Å². The van der Waals surface area contributed by atoms with Crippen molar-refractivity contribution in [2.75, 3.05) is 6.54 Å². The number of piperidine rings is 1. The highest BCUT2D eigenvalue weighted by Gasteiger charge is 2.69. The third-order valence-electron chi connectivity index (χ3n) is 10.5. The molecule has 1 heterocycles. The number of fused-ring (bicyclic) bond motifs is 1. The predicted molar refractivity (Wildman–Crippen MR) is 165 cm³/mol. The zero-order valence-corrected chi connectivity index (χ0v) is 27.4. The number of hydrogen-bond acceptors (Lipinski definition) is 5. The number of nitrogens with zero attached hydrogens (tertiary/aromatic N) is 1. The molecule has 4 fully saturated rings. The molecule has 2 unspecified atom stereocenters. The summed E-state index contributed by atoms with van der Waals surface area (Å²) in [5.41, 5.74) is 4.75. The Kier molecular flexibility index (Phi) is 9.58. The van der Waals surface area contributed by atoms with E-state index in [1.807, 2.05) is 13.8 Å². The quantitative estimate of drug-likeness (QED) is 0.267. The fraction of sp³-hybridized carbons (Fsp3) is 0.848. The molecule has 0 bridgehead atoms. The first-order valence-corrected chi connectivity index (χ1v) is 16.4. The zero-order chi connectivity index (χ0) is 31.9. The van der Waals surface area contributed by atoms with Crippen LogP contribution in [0.15, 0.2) is 0 Å². The van der Waals surface area contributed by atoms with Crippen molar-refractivity contribution in [1.82, 2.24) is 20.9 Å². The number of Topliss-reactive ketones (excluding diaryl/α,β-unsaturated/α-hetero) is 1. The van der Waals surface area contributed by atoms with Crippen LogP contribution in [0.3, 0.4) is 0 Å². The number of rotatable bonds is 11. The summed E-state index contributed by atoms with van der Waals surface area (Å²) in [6.07, 6.45) is 8.86. The van der Waals surface area contributed by atoms with Gasteiger partial charge in [0.1, 0.15) is 12.1 Å². The van der Waals surface area contributed by atoms with Gasteiger partial charge in [0.25, 0.3) is 5.91 Å². The third-order valence-corrected chi connectivity index (χ3v) is 10.5. The largest absolute Gasteiger partial charge is 0.363 e. The lowest BCUT2D eigenvalue weighted by molar-refractivity contribution is -0.144. The van der Waals surface area contributed by atoms with Crippen molar-refractivity contribution in [1.29, 1.82) is 0 Å². The van der Waals surface area contributed by atoms with E-state index in [0.717, 1.165) is 57.8 Å². The predicted octanol–water partition coefficient (Wildman–Crippen LogP) is 3.66. The maximum absolute atomic E-state index is 14.4. The lowest BCUT2D eigenvalue weighted by Crippen LogP contribution is -2.61. The van der Waals surface area contributed by atoms with Crippen LogP contribution in [0.2, 0.25) is 0 Å². The number of carbonyl (C=O) groups is 5. The second-order valence-corrected chi connectivity index (χ2v) is 16.3. The van der Waals surface area contributed by atoms with E-state index in [1.54, 1.807) is 4.90 Å². The minimum absolute atomic E-state index is 0.00568. The Balaban J connectivity index is 1.54. The molecule has 43 heavy (non-hydrogen) atoms. The zero-order valence-electron chi connectivity index (χ0n) is 27.4. The summed E-state index contributed by atoms with van der Waals surface area (Å²) in [6.45, 7) is 15.0. The molecule has 0 aromatic carbocycles. The first-order valence-electron chi connectivity index (χ1n) is 16.4. The van der Waals surface area contributed by atoms with Gasteiger partial charge in [0.2, 0.25) is 17.6 Å². The minimum Gasteiger partial charge on any atom is -0.363 e. The first kappa shape index (κ1) is 33.2. The maximum atomic E-state index is 14.4. The molecular formula is C33H55N5O5. The first-order chi connectivity index (χ1) is 19.9. The van der Waals surface area contributed by atoms with Crippen LogP contribution in [0.25, 0.3) is 0 Å². The van der Waals surface area contributed by atoms with Gasteiger partial charge in [0.05, 0.1) is 6.04 Å². The molecule has 3 aliphatic carbocycles. The lowest BCUT2D eigenvalue weighted by atomic mass is 9.80. The van der Waals surface area contributed by atoms with Gasteiger partial charge in [-0.1, -0.05) is 73.1 Å². The molecule has 4 rings (SSSR count). The highest BCUT2D eigenvalue weighted by atomic mass is 16.2. The summed E-state index contributed by atoms with van der Waals surface area (Å²) in [5.74, 6) is -2.17. The highest BCUT2D eigenvalue weighted by Crippen LogP contribution is 2.65. The van der Waals surface area contributed by atoms with Crippen LogP contribution < -0.4 is 21.7 Å². The monoisotopic (exact) mass is 601 g/mol. The molecule has 1 saturated heterocycles. The van der Waals surface area contributed by atoms with E-state index in [4.69, 9.17) is 5.73 Å². The minimum atomic E-state index is -1.06. The van der Waals surface area contributed by atoms with Crippen LogP contribution in [0, 0.1) is 34.5 Å².